The van der Waals surface area contributed by atoms with Crippen LogP contribution in [-0.2, 0) is 13.6 Å². The molecule has 122 valence electrons. The topological polar surface area (TPSA) is 46.2 Å². The van der Waals surface area contributed by atoms with Gasteiger partial charge in [-0.25, -0.2) is 0 Å². The number of thiocarbonyl (C=S) groups is 1. The van der Waals surface area contributed by atoms with Crippen molar-refractivity contribution >= 4 is 17.3 Å². The van der Waals surface area contributed by atoms with E-state index >= 15 is 0 Å². The van der Waals surface area contributed by atoms with Gasteiger partial charge >= 0.3 is 0 Å². The van der Waals surface area contributed by atoms with Crippen molar-refractivity contribution in [3.05, 3.63) is 78.3 Å². The zero-order valence-corrected chi connectivity index (χ0v) is 14.1. The van der Waals surface area contributed by atoms with Crippen LogP contribution in [0.5, 0.6) is 0 Å². The molecule has 1 aliphatic heterocycles. The van der Waals surface area contributed by atoms with Crippen LogP contribution in [0.2, 0.25) is 0 Å². The van der Waals surface area contributed by atoms with E-state index in [9.17, 15) is 0 Å². The predicted molar refractivity (Wildman–Crippen MR) is 95.1 cm³/mol. The molecule has 0 radical (unpaired) electrons. The summed E-state index contributed by atoms with van der Waals surface area (Å²) in [6.45, 7) is 0.623. The molecular weight excluding hydrogens is 320 g/mol. The molecule has 0 unspecified atom stereocenters. The number of furan rings is 1. The Hall–Kier alpha value is -2.60. The van der Waals surface area contributed by atoms with E-state index in [4.69, 9.17) is 16.6 Å². The molecule has 0 aliphatic carbocycles. The number of nitrogens with one attached hydrogen (secondary N) is 1. The monoisotopic (exact) mass is 338 g/mol. The predicted octanol–water partition coefficient (Wildman–Crippen LogP) is 3.19. The first kappa shape index (κ1) is 15.0. The van der Waals surface area contributed by atoms with Gasteiger partial charge in [-0.2, -0.15) is 0 Å². The fourth-order valence-electron chi connectivity index (χ4n) is 3.25. The maximum Gasteiger partial charge on any atom is 0.170 e. The van der Waals surface area contributed by atoms with Crippen LogP contribution in [0, 0.1) is 0 Å². The van der Waals surface area contributed by atoms with Crippen LogP contribution in [0.4, 0.5) is 0 Å². The third kappa shape index (κ3) is 2.59. The minimum atomic E-state index is 0.00209. The summed E-state index contributed by atoms with van der Waals surface area (Å²) >= 11 is 5.62. The van der Waals surface area contributed by atoms with Gasteiger partial charge in [0, 0.05) is 25.1 Å². The van der Waals surface area contributed by atoms with Crippen LogP contribution in [0.1, 0.15) is 29.2 Å². The van der Waals surface area contributed by atoms with Gasteiger partial charge < -0.3 is 19.2 Å². The number of pyridine rings is 1. The molecular formula is C18H18N4OS. The summed E-state index contributed by atoms with van der Waals surface area (Å²) in [6, 6.07) is 14.1. The highest BCUT2D eigenvalue weighted by Gasteiger charge is 2.41. The third-order valence-corrected chi connectivity index (χ3v) is 4.74. The molecule has 0 spiro atoms. The molecule has 1 fully saturated rings. The summed E-state index contributed by atoms with van der Waals surface area (Å²) in [7, 11) is 2.05. The lowest BCUT2D eigenvalue weighted by Gasteiger charge is -2.27. The highest BCUT2D eigenvalue weighted by Crippen LogP contribution is 2.39. The van der Waals surface area contributed by atoms with Crippen LogP contribution >= 0.6 is 12.2 Å². The van der Waals surface area contributed by atoms with Crippen molar-refractivity contribution in [2.75, 3.05) is 0 Å². The van der Waals surface area contributed by atoms with Gasteiger partial charge in [-0.15, -0.1) is 0 Å². The second kappa shape index (κ2) is 6.13. The Balaban J connectivity index is 1.75. The first-order valence-electron chi connectivity index (χ1n) is 7.86. The van der Waals surface area contributed by atoms with Crippen LogP contribution in [0.25, 0.3) is 0 Å². The molecule has 0 saturated carbocycles. The Morgan fingerprint density at radius 2 is 2.12 bits per heavy atom. The van der Waals surface area contributed by atoms with Crippen molar-refractivity contribution in [1.29, 1.82) is 0 Å². The summed E-state index contributed by atoms with van der Waals surface area (Å²) < 4.78 is 7.66. The highest BCUT2D eigenvalue weighted by molar-refractivity contribution is 7.80. The van der Waals surface area contributed by atoms with E-state index in [0.29, 0.717) is 11.7 Å². The number of aromatic nitrogens is 2. The van der Waals surface area contributed by atoms with Crippen molar-refractivity contribution < 1.29 is 4.42 Å². The molecule has 0 bridgehead atoms. The lowest BCUT2D eigenvalue weighted by molar-refractivity contribution is 0.278. The Kier molecular flexibility index (Phi) is 3.82. The number of hydrogen-bond acceptors (Lipinski definition) is 3. The van der Waals surface area contributed by atoms with E-state index < -0.39 is 0 Å². The Bertz CT molecular complexity index is 828. The van der Waals surface area contributed by atoms with E-state index in [0.717, 1.165) is 11.5 Å². The van der Waals surface area contributed by atoms with Crippen LogP contribution in [0.15, 0.2) is 65.5 Å². The molecule has 1 N–H and O–H groups in total. The summed E-state index contributed by atoms with van der Waals surface area (Å²) in [5, 5.41) is 4.15. The second-order valence-electron chi connectivity index (χ2n) is 5.88. The van der Waals surface area contributed by atoms with Gasteiger partial charge in [0.05, 0.1) is 30.6 Å². The smallest absolute Gasteiger partial charge is 0.170 e. The van der Waals surface area contributed by atoms with Gasteiger partial charge in [0.15, 0.2) is 5.11 Å². The average molecular weight is 338 g/mol. The molecule has 3 aromatic rings. The van der Waals surface area contributed by atoms with Crippen molar-refractivity contribution in [1.82, 2.24) is 19.8 Å². The molecule has 3 aromatic heterocycles. The fraction of sp³-hybridized carbons (Fsp3) is 0.222. The van der Waals surface area contributed by atoms with Gasteiger partial charge in [0.2, 0.25) is 0 Å². The average Bonchev–Trinajstić information content (AvgIpc) is 3.31. The molecule has 2 atom stereocenters. The first-order valence-corrected chi connectivity index (χ1v) is 8.26. The normalized spacial score (nSPS) is 20.4. The van der Waals surface area contributed by atoms with Gasteiger partial charge in [0.25, 0.3) is 0 Å². The fourth-order valence-corrected chi connectivity index (χ4v) is 3.55. The summed E-state index contributed by atoms with van der Waals surface area (Å²) in [4.78, 5) is 6.70. The largest absolute Gasteiger partial charge is 0.467 e. The summed E-state index contributed by atoms with van der Waals surface area (Å²) in [5.41, 5.74) is 2.16. The molecule has 1 aliphatic rings. The minimum Gasteiger partial charge on any atom is -0.467 e. The Morgan fingerprint density at radius 1 is 1.21 bits per heavy atom. The lowest BCUT2D eigenvalue weighted by Crippen LogP contribution is -2.29. The standard InChI is InChI=1S/C18H18N4OS/c1-21-10-4-8-15(21)17-16(14-7-2-3-9-19-14)20-18(24)22(17)12-13-6-5-11-23-13/h2-11,16-17H,12H2,1H3,(H,20,24)/t16-,17+/m0/s1. The lowest BCUT2D eigenvalue weighted by atomic mass is 10.0. The first-order chi connectivity index (χ1) is 11.7. The van der Waals surface area contributed by atoms with E-state index in [2.05, 4.69) is 45.1 Å². The van der Waals surface area contributed by atoms with Crippen molar-refractivity contribution in [2.45, 2.75) is 18.6 Å². The Morgan fingerprint density at radius 3 is 2.79 bits per heavy atom. The number of rotatable bonds is 4. The maximum absolute atomic E-state index is 5.62. The molecule has 0 aromatic carbocycles. The SMILES string of the molecule is Cn1cccc1[C@@H]1[C@H](c2ccccn2)NC(=S)N1Cc1ccco1. The van der Waals surface area contributed by atoms with E-state index in [-0.39, 0.29) is 12.1 Å². The zero-order valence-electron chi connectivity index (χ0n) is 13.3. The van der Waals surface area contributed by atoms with E-state index in [1.165, 1.54) is 5.69 Å². The number of hydrogen-bond donors (Lipinski definition) is 1. The Labute approximate surface area is 145 Å². The quantitative estimate of drug-likeness (QED) is 0.740. The van der Waals surface area contributed by atoms with Gasteiger partial charge in [-0.1, -0.05) is 6.07 Å². The summed E-state index contributed by atoms with van der Waals surface area (Å²) in [5.74, 6) is 0.889. The molecule has 0 amide bonds. The number of aryl methyl sites for hydroxylation is 1. The molecule has 1 saturated heterocycles. The highest BCUT2D eigenvalue weighted by atomic mass is 32.1. The van der Waals surface area contributed by atoms with Gasteiger partial charge in [-0.05, 0) is 48.6 Å². The van der Waals surface area contributed by atoms with E-state index in [1.54, 1.807) is 6.26 Å². The van der Waals surface area contributed by atoms with Crippen molar-refractivity contribution in [3.8, 4) is 0 Å². The molecule has 4 heterocycles. The van der Waals surface area contributed by atoms with Crippen molar-refractivity contribution in [3.63, 3.8) is 0 Å². The van der Waals surface area contributed by atoms with Crippen LogP contribution < -0.4 is 5.32 Å². The van der Waals surface area contributed by atoms with Crippen LogP contribution in [-0.4, -0.2) is 19.6 Å². The third-order valence-electron chi connectivity index (χ3n) is 4.39. The molecule has 24 heavy (non-hydrogen) atoms. The summed E-state index contributed by atoms with van der Waals surface area (Å²) in [6.07, 6.45) is 5.56. The van der Waals surface area contributed by atoms with E-state index in [1.807, 2.05) is 36.5 Å². The van der Waals surface area contributed by atoms with Gasteiger partial charge in [0.1, 0.15) is 5.76 Å². The molecule has 4 rings (SSSR count). The minimum absolute atomic E-state index is 0.00209. The molecule has 5 nitrogen and oxygen atoms in total. The van der Waals surface area contributed by atoms with Crippen LogP contribution in [0.3, 0.4) is 0 Å². The zero-order chi connectivity index (χ0) is 16.5. The van der Waals surface area contributed by atoms with Gasteiger partial charge in [-0.3, -0.25) is 4.98 Å². The van der Waals surface area contributed by atoms with Crippen molar-refractivity contribution in [2.24, 2.45) is 7.05 Å². The maximum atomic E-state index is 5.62. The molecule has 6 heteroatoms. The number of nitrogens with zero attached hydrogens (tertiary/aromatic N) is 3. The second-order valence-corrected chi connectivity index (χ2v) is 6.26.